The largest absolute Gasteiger partial charge is 0.455 e. The lowest BCUT2D eigenvalue weighted by molar-refractivity contribution is 0.671. The zero-order valence-corrected chi connectivity index (χ0v) is 37.7. The van der Waals surface area contributed by atoms with Crippen LogP contribution < -0.4 is 4.90 Å². The van der Waals surface area contributed by atoms with Crippen molar-refractivity contribution in [3.8, 4) is 61.3 Å². The highest BCUT2D eigenvalue weighted by molar-refractivity contribution is 6.15. The van der Waals surface area contributed by atoms with E-state index in [2.05, 4.69) is 276 Å². The van der Waals surface area contributed by atoms with Gasteiger partial charge in [-0.25, -0.2) is 0 Å². The zero-order valence-electron chi connectivity index (χ0n) is 37.7. The van der Waals surface area contributed by atoms with Crippen LogP contribution in [0.2, 0.25) is 0 Å². The molecule has 13 rings (SSSR count). The summed E-state index contributed by atoms with van der Waals surface area (Å²) in [6.45, 7) is 0. The van der Waals surface area contributed by atoms with Crippen molar-refractivity contribution >= 4 is 60.8 Å². The molecule has 3 heteroatoms. The Bertz CT molecular complexity index is 3870. The fourth-order valence-electron chi connectivity index (χ4n) is 10.2. The second kappa shape index (κ2) is 16.9. The summed E-state index contributed by atoms with van der Waals surface area (Å²) in [4.78, 5) is 2.34. The molecule has 0 spiro atoms. The number of rotatable bonds is 9. The summed E-state index contributed by atoms with van der Waals surface area (Å²) >= 11 is 0. The van der Waals surface area contributed by atoms with Gasteiger partial charge in [-0.3, -0.25) is 0 Å². The molecule has 324 valence electrons. The Labute approximate surface area is 401 Å². The average Bonchev–Trinajstić information content (AvgIpc) is 3.98. The molecule has 0 saturated carbocycles. The van der Waals surface area contributed by atoms with E-state index >= 15 is 0 Å². The molecular formula is C66H44N2O. The summed E-state index contributed by atoms with van der Waals surface area (Å²) in [5.41, 5.74) is 19.8. The van der Waals surface area contributed by atoms with Gasteiger partial charge < -0.3 is 13.9 Å². The third kappa shape index (κ3) is 7.16. The normalized spacial score (nSPS) is 11.5. The van der Waals surface area contributed by atoms with E-state index in [0.717, 1.165) is 78.1 Å². The van der Waals surface area contributed by atoms with Crippen LogP contribution in [0.4, 0.5) is 17.1 Å². The molecule has 0 atom stereocenters. The van der Waals surface area contributed by atoms with Crippen molar-refractivity contribution in [2.24, 2.45) is 0 Å². The van der Waals surface area contributed by atoms with E-state index < -0.39 is 0 Å². The molecule has 13 aromatic rings. The molecule has 2 aromatic heterocycles. The molecule has 0 N–H and O–H groups in total. The maximum Gasteiger partial charge on any atom is 0.143 e. The first-order valence-electron chi connectivity index (χ1n) is 23.6. The highest BCUT2D eigenvalue weighted by Crippen LogP contribution is 2.45. The van der Waals surface area contributed by atoms with Crippen molar-refractivity contribution in [2.75, 3.05) is 4.90 Å². The number of para-hydroxylation sites is 3. The van der Waals surface area contributed by atoms with Crippen LogP contribution in [-0.2, 0) is 0 Å². The lowest BCUT2D eigenvalue weighted by Gasteiger charge is -2.26. The van der Waals surface area contributed by atoms with Gasteiger partial charge in [-0.05, 0) is 123 Å². The monoisotopic (exact) mass is 880 g/mol. The Balaban J connectivity index is 0.968. The van der Waals surface area contributed by atoms with E-state index in [1.807, 2.05) is 0 Å². The van der Waals surface area contributed by atoms with Crippen molar-refractivity contribution in [1.29, 1.82) is 0 Å². The molecule has 0 bridgehead atoms. The van der Waals surface area contributed by atoms with Crippen LogP contribution in [0.1, 0.15) is 0 Å². The highest BCUT2D eigenvalue weighted by atomic mass is 16.3. The standard InChI is InChI=1S/C66H44N2O/c1-5-16-45(17-6-1)47-28-35-54(36-29-47)67(55-37-30-48(31-38-55)46-18-7-2-8-19-46)56-39-32-50(33-40-56)60-43-52(44-62-59-26-15-25-57(65(59)69-66(60)62)49-20-9-3-10-21-49)51-34-41-64-61(42-51)58-24-13-14-27-63(58)68(64)53-22-11-4-12-23-53/h1-44H. The summed E-state index contributed by atoms with van der Waals surface area (Å²) in [7, 11) is 0. The number of furan rings is 1. The summed E-state index contributed by atoms with van der Waals surface area (Å²) in [5, 5.41) is 4.63. The predicted molar refractivity (Wildman–Crippen MR) is 290 cm³/mol. The summed E-state index contributed by atoms with van der Waals surface area (Å²) in [6, 6.07) is 95.9. The molecular weight excluding hydrogens is 837 g/mol. The van der Waals surface area contributed by atoms with Crippen LogP contribution in [0.5, 0.6) is 0 Å². The van der Waals surface area contributed by atoms with Gasteiger partial charge in [0.05, 0.1) is 11.0 Å². The molecule has 2 heterocycles. The van der Waals surface area contributed by atoms with E-state index in [1.165, 1.54) is 44.1 Å². The van der Waals surface area contributed by atoms with E-state index in [4.69, 9.17) is 4.42 Å². The number of hydrogen-bond donors (Lipinski definition) is 0. The van der Waals surface area contributed by atoms with Crippen LogP contribution in [0, 0.1) is 0 Å². The van der Waals surface area contributed by atoms with Gasteiger partial charge in [0.15, 0.2) is 0 Å². The van der Waals surface area contributed by atoms with Crippen molar-refractivity contribution in [2.45, 2.75) is 0 Å². The van der Waals surface area contributed by atoms with Gasteiger partial charge in [-0.1, -0.05) is 188 Å². The fourth-order valence-corrected chi connectivity index (χ4v) is 10.2. The number of nitrogens with zero attached hydrogens (tertiary/aromatic N) is 2. The van der Waals surface area contributed by atoms with Crippen LogP contribution in [-0.4, -0.2) is 4.57 Å². The van der Waals surface area contributed by atoms with Gasteiger partial charge in [-0.15, -0.1) is 0 Å². The SMILES string of the molecule is c1ccc(-c2ccc(N(c3ccc(-c4ccccc4)cc3)c3ccc(-c4cc(-c5ccc6c(c5)c5ccccc5n6-c5ccccc5)cc5c4oc4c(-c6ccccc6)cccc45)cc3)cc2)cc1. The van der Waals surface area contributed by atoms with Gasteiger partial charge in [0, 0.05) is 55.4 Å². The molecule has 0 amide bonds. The van der Waals surface area contributed by atoms with Crippen molar-refractivity contribution < 1.29 is 4.42 Å². The van der Waals surface area contributed by atoms with E-state index in [-0.39, 0.29) is 0 Å². The fraction of sp³-hybridized carbons (Fsp3) is 0. The molecule has 0 aliphatic rings. The topological polar surface area (TPSA) is 21.3 Å². The maximum atomic E-state index is 7.09. The molecule has 0 aliphatic heterocycles. The average molecular weight is 881 g/mol. The van der Waals surface area contributed by atoms with Crippen LogP contribution in [0.3, 0.4) is 0 Å². The van der Waals surface area contributed by atoms with Gasteiger partial charge in [0.2, 0.25) is 0 Å². The Hall–Kier alpha value is -9.18. The first-order chi connectivity index (χ1) is 34.2. The number of benzene rings is 11. The molecule has 3 nitrogen and oxygen atoms in total. The third-order valence-electron chi connectivity index (χ3n) is 13.6. The smallest absolute Gasteiger partial charge is 0.143 e. The third-order valence-corrected chi connectivity index (χ3v) is 13.6. The van der Waals surface area contributed by atoms with E-state index in [9.17, 15) is 0 Å². The first kappa shape index (κ1) is 40.1. The van der Waals surface area contributed by atoms with Crippen molar-refractivity contribution in [3.63, 3.8) is 0 Å². The highest BCUT2D eigenvalue weighted by Gasteiger charge is 2.21. The number of anilines is 3. The molecule has 0 aliphatic carbocycles. The Morgan fingerprint density at radius 3 is 1.30 bits per heavy atom. The minimum atomic E-state index is 0.872. The summed E-state index contributed by atoms with van der Waals surface area (Å²) in [6.07, 6.45) is 0. The minimum absolute atomic E-state index is 0.872. The van der Waals surface area contributed by atoms with Gasteiger partial charge >= 0.3 is 0 Å². The molecule has 0 saturated heterocycles. The number of aromatic nitrogens is 1. The quantitative estimate of drug-likeness (QED) is 0.144. The lowest BCUT2D eigenvalue weighted by atomic mass is 9.94. The van der Waals surface area contributed by atoms with Crippen LogP contribution in [0.25, 0.3) is 105 Å². The maximum absolute atomic E-state index is 7.09. The number of fused-ring (bicyclic) bond motifs is 6. The van der Waals surface area contributed by atoms with Crippen LogP contribution in [0.15, 0.2) is 271 Å². The van der Waals surface area contributed by atoms with E-state index in [1.54, 1.807) is 0 Å². The second-order valence-corrected chi connectivity index (χ2v) is 17.7. The van der Waals surface area contributed by atoms with Gasteiger partial charge in [0.25, 0.3) is 0 Å². The van der Waals surface area contributed by atoms with E-state index in [0.29, 0.717) is 0 Å². The Kier molecular flexibility index (Phi) is 9.84. The minimum Gasteiger partial charge on any atom is -0.455 e. The Morgan fingerprint density at radius 2 is 0.696 bits per heavy atom. The molecule has 69 heavy (non-hydrogen) atoms. The second-order valence-electron chi connectivity index (χ2n) is 17.7. The summed E-state index contributed by atoms with van der Waals surface area (Å²) < 4.78 is 9.47. The van der Waals surface area contributed by atoms with Gasteiger partial charge in [-0.2, -0.15) is 0 Å². The van der Waals surface area contributed by atoms with Crippen LogP contribution >= 0.6 is 0 Å². The number of hydrogen-bond acceptors (Lipinski definition) is 2. The van der Waals surface area contributed by atoms with Gasteiger partial charge in [0.1, 0.15) is 11.2 Å². The summed E-state index contributed by atoms with van der Waals surface area (Å²) in [5.74, 6) is 0. The van der Waals surface area contributed by atoms with Crippen molar-refractivity contribution in [3.05, 3.63) is 267 Å². The zero-order chi connectivity index (χ0) is 45.7. The Morgan fingerprint density at radius 1 is 0.261 bits per heavy atom. The first-order valence-corrected chi connectivity index (χ1v) is 23.6. The molecule has 0 unspecified atom stereocenters. The molecule has 0 radical (unpaired) electrons. The molecule has 0 fully saturated rings. The van der Waals surface area contributed by atoms with Crippen molar-refractivity contribution in [1.82, 2.24) is 4.57 Å². The molecule has 11 aromatic carbocycles. The predicted octanol–water partition coefficient (Wildman–Crippen LogP) is 18.5. The lowest BCUT2D eigenvalue weighted by Crippen LogP contribution is -2.09.